The number of fused-ring (bicyclic) bond motifs is 1. The highest BCUT2D eigenvalue weighted by molar-refractivity contribution is 7.91. The standard InChI is InChI=1S/C23H22N2O5S2/c1-2-13-32(27,28)18-7-3-16(4-8-18)5-10-22(26)25-23-24-19(15-31-23)17-6-9-20-21(14-17)30-12-11-29-20/h3-10,14-15H,2,11-13H2,1H3,(H,24,25,26)/b10-5-. The number of hydrogen-bond acceptors (Lipinski definition) is 7. The Kier molecular flexibility index (Phi) is 6.57. The molecule has 4 rings (SSSR count). The van der Waals surface area contributed by atoms with E-state index in [4.69, 9.17) is 9.47 Å². The van der Waals surface area contributed by atoms with Gasteiger partial charge in [-0.3, -0.25) is 10.1 Å². The van der Waals surface area contributed by atoms with E-state index >= 15 is 0 Å². The van der Waals surface area contributed by atoms with Gasteiger partial charge in [0.1, 0.15) is 13.2 Å². The van der Waals surface area contributed by atoms with E-state index in [1.807, 2.05) is 30.5 Å². The quantitative estimate of drug-likeness (QED) is 0.514. The molecule has 32 heavy (non-hydrogen) atoms. The van der Waals surface area contributed by atoms with Crippen molar-refractivity contribution in [1.29, 1.82) is 0 Å². The van der Waals surface area contributed by atoms with Gasteiger partial charge in [0.15, 0.2) is 26.5 Å². The zero-order valence-corrected chi connectivity index (χ0v) is 19.0. The van der Waals surface area contributed by atoms with Gasteiger partial charge in [-0.05, 0) is 48.4 Å². The molecule has 1 aromatic heterocycles. The maximum atomic E-state index is 12.3. The first-order valence-corrected chi connectivity index (χ1v) is 12.7. The van der Waals surface area contributed by atoms with Gasteiger partial charge in [-0.15, -0.1) is 11.3 Å². The minimum Gasteiger partial charge on any atom is -0.486 e. The Labute approximate surface area is 190 Å². The summed E-state index contributed by atoms with van der Waals surface area (Å²) in [5, 5.41) is 5.09. The number of benzene rings is 2. The maximum Gasteiger partial charge on any atom is 0.250 e. The molecule has 0 atom stereocenters. The molecule has 1 amide bonds. The van der Waals surface area contributed by atoms with E-state index in [1.54, 1.807) is 30.3 Å². The fraction of sp³-hybridized carbons (Fsp3) is 0.217. The summed E-state index contributed by atoms with van der Waals surface area (Å²) in [6, 6.07) is 12.1. The summed E-state index contributed by atoms with van der Waals surface area (Å²) in [7, 11) is -3.25. The van der Waals surface area contributed by atoms with Gasteiger partial charge in [0.2, 0.25) is 5.91 Å². The topological polar surface area (TPSA) is 94.6 Å². The van der Waals surface area contributed by atoms with Crippen molar-refractivity contribution in [2.24, 2.45) is 0 Å². The Morgan fingerprint density at radius 2 is 1.88 bits per heavy atom. The van der Waals surface area contributed by atoms with Crippen molar-refractivity contribution in [3.63, 3.8) is 0 Å². The van der Waals surface area contributed by atoms with Crippen LogP contribution in [0, 0.1) is 0 Å². The molecule has 7 nitrogen and oxygen atoms in total. The molecule has 0 radical (unpaired) electrons. The summed E-state index contributed by atoms with van der Waals surface area (Å²) in [5.74, 6) is 1.19. The normalized spacial score (nSPS) is 13.3. The molecule has 2 heterocycles. The summed E-state index contributed by atoms with van der Waals surface area (Å²) in [5.41, 5.74) is 2.33. The van der Waals surface area contributed by atoms with Crippen molar-refractivity contribution in [3.8, 4) is 22.8 Å². The SMILES string of the molecule is CCCS(=O)(=O)c1ccc(/C=C\C(=O)Nc2nc(-c3ccc4c(c3)OCCO4)cs2)cc1. The molecule has 0 saturated carbocycles. The second-order valence-corrected chi connectivity index (χ2v) is 10.1. The molecular formula is C23H22N2O5S2. The first-order chi connectivity index (χ1) is 15.4. The summed E-state index contributed by atoms with van der Waals surface area (Å²) in [6.07, 6.45) is 3.58. The van der Waals surface area contributed by atoms with E-state index in [9.17, 15) is 13.2 Å². The van der Waals surface area contributed by atoms with Crippen LogP contribution in [0.2, 0.25) is 0 Å². The highest BCUT2D eigenvalue weighted by Gasteiger charge is 2.14. The molecular weight excluding hydrogens is 448 g/mol. The van der Waals surface area contributed by atoms with E-state index in [0.29, 0.717) is 36.3 Å². The zero-order valence-electron chi connectivity index (χ0n) is 17.4. The first kappa shape index (κ1) is 22.0. The van der Waals surface area contributed by atoms with Crippen LogP contribution in [-0.4, -0.2) is 38.3 Å². The summed E-state index contributed by atoms with van der Waals surface area (Å²) < 4.78 is 35.3. The van der Waals surface area contributed by atoms with Crippen LogP contribution < -0.4 is 14.8 Å². The van der Waals surface area contributed by atoms with Gasteiger partial charge in [0.25, 0.3) is 0 Å². The predicted molar refractivity (Wildman–Crippen MR) is 125 cm³/mol. The van der Waals surface area contributed by atoms with E-state index in [2.05, 4.69) is 10.3 Å². The summed E-state index contributed by atoms with van der Waals surface area (Å²) in [6.45, 7) is 2.88. The van der Waals surface area contributed by atoms with Crippen LogP contribution in [0.5, 0.6) is 11.5 Å². The average molecular weight is 471 g/mol. The van der Waals surface area contributed by atoms with Gasteiger partial charge >= 0.3 is 0 Å². The third-order valence-corrected chi connectivity index (χ3v) is 7.41. The number of sulfone groups is 1. The van der Waals surface area contributed by atoms with Crippen LogP contribution in [0.15, 0.2) is 58.8 Å². The lowest BCUT2D eigenvalue weighted by Crippen LogP contribution is -2.15. The van der Waals surface area contributed by atoms with Gasteiger partial charge in [-0.2, -0.15) is 0 Å². The number of aromatic nitrogens is 1. The van der Waals surface area contributed by atoms with Gasteiger partial charge in [-0.1, -0.05) is 19.1 Å². The van der Waals surface area contributed by atoms with Gasteiger partial charge in [-0.25, -0.2) is 13.4 Å². The largest absolute Gasteiger partial charge is 0.486 e. The van der Waals surface area contributed by atoms with E-state index in [0.717, 1.165) is 16.8 Å². The monoisotopic (exact) mass is 470 g/mol. The minimum atomic E-state index is -3.25. The lowest BCUT2D eigenvalue weighted by molar-refractivity contribution is -0.111. The van der Waals surface area contributed by atoms with Crippen LogP contribution >= 0.6 is 11.3 Å². The molecule has 0 saturated heterocycles. The fourth-order valence-corrected chi connectivity index (χ4v) is 5.20. The molecule has 2 aromatic carbocycles. The molecule has 0 unspecified atom stereocenters. The third kappa shape index (κ3) is 5.17. The Balaban J connectivity index is 1.39. The van der Waals surface area contributed by atoms with Crippen LogP contribution in [-0.2, 0) is 14.6 Å². The number of rotatable bonds is 7. The lowest BCUT2D eigenvalue weighted by Gasteiger charge is -2.18. The minimum absolute atomic E-state index is 0.118. The number of carbonyl (C=O) groups excluding carboxylic acids is 1. The molecule has 0 aliphatic carbocycles. The van der Waals surface area contributed by atoms with Crippen molar-refractivity contribution in [2.45, 2.75) is 18.2 Å². The number of amides is 1. The van der Waals surface area contributed by atoms with Gasteiger partial charge in [0, 0.05) is 17.0 Å². The van der Waals surface area contributed by atoms with E-state index in [1.165, 1.54) is 17.4 Å². The number of ether oxygens (including phenoxy) is 2. The molecule has 0 spiro atoms. The Morgan fingerprint density at radius 3 is 2.62 bits per heavy atom. The number of anilines is 1. The zero-order chi connectivity index (χ0) is 22.6. The predicted octanol–water partition coefficient (Wildman–Crippen LogP) is 4.42. The molecule has 0 bridgehead atoms. The Morgan fingerprint density at radius 1 is 1.12 bits per heavy atom. The Hall–Kier alpha value is -3.17. The maximum absolute atomic E-state index is 12.3. The molecule has 166 valence electrons. The molecule has 0 fully saturated rings. The number of hydrogen-bond donors (Lipinski definition) is 1. The molecule has 1 N–H and O–H groups in total. The molecule has 3 aromatic rings. The van der Waals surface area contributed by atoms with Crippen LogP contribution in [0.25, 0.3) is 17.3 Å². The third-order valence-electron chi connectivity index (χ3n) is 4.71. The van der Waals surface area contributed by atoms with Gasteiger partial charge < -0.3 is 9.47 Å². The molecule has 9 heteroatoms. The summed E-state index contributed by atoms with van der Waals surface area (Å²) in [4.78, 5) is 17.0. The highest BCUT2D eigenvalue weighted by atomic mass is 32.2. The van der Waals surface area contributed by atoms with Crippen molar-refractivity contribution >= 4 is 38.3 Å². The summed E-state index contributed by atoms with van der Waals surface area (Å²) >= 11 is 1.33. The molecule has 1 aliphatic heterocycles. The van der Waals surface area contributed by atoms with Crippen LogP contribution in [0.4, 0.5) is 5.13 Å². The smallest absolute Gasteiger partial charge is 0.250 e. The number of nitrogens with zero attached hydrogens (tertiary/aromatic N) is 1. The van der Waals surface area contributed by atoms with Crippen molar-refractivity contribution in [1.82, 2.24) is 4.98 Å². The number of nitrogens with one attached hydrogen (secondary N) is 1. The van der Waals surface area contributed by atoms with Crippen LogP contribution in [0.1, 0.15) is 18.9 Å². The van der Waals surface area contributed by atoms with Crippen molar-refractivity contribution in [2.75, 3.05) is 24.3 Å². The highest BCUT2D eigenvalue weighted by Crippen LogP contribution is 2.35. The average Bonchev–Trinajstić information content (AvgIpc) is 3.26. The van der Waals surface area contributed by atoms with Crippen molar-refractivity contribution in [3.05, 3.63) is 59.5 Å². The first-order valence-electron chi connectivity index (χ1n) is 10.1. The number of thiazole rings is 1. The second-order valence-electron chi connectivity index (χ2n) is 7.11. The van der Waals surface area contributed by atoms with Gasteiger partial charge in [0.05, 0.1) is 16.3 Å². The van der Waals surface area contributed by atoms with Crippen LogP contribution in [0.3, 0.4) is 0 Å². The molecule has 1 aliphatic rings. The number of carbonyl (C=O) groups is 1. The van der Waals surface area contributed by atoms with E-state index in [-0.39, 0.29) is 16.6 Å². The Bertz CT molecular complexity index is 1250. The van der Waals surface area contributed by atoms with Crippen molar-refractivity contribution < 1.29 is 22.7 Å². The lowest BCUT2D eigenvalue weighted by atomic mass is 10.1. The van der Waals surface area contributed by atoms with E-state index < -0.39 is 9.84 Å². The fourth-order valence-electron chi connectivity index (χ4n) is 3.16. The second kappa shape index (κ2) is 9.54.